The van der Waals surface area contributed by atoms with E-state index in [-0.39, 0.29) is 16.2 Å². The molecule has 26 heavy (non-hydrogen) atoms. The lowest BCUT2D eigenvalue weighted by molar-refractivity contribution is 0.0435. The molecule has 0 spiro atoms. The number of esters is 1. The van der Waals surface area contributed by atoms with E-state index in [0.717, 1.165) is 11.6 Å². The number of benzene rings is 2. The molecule has 136 valence electrons. The maximum absolute atomic E-state index is 12.7. The summed E-state index contributed by atoms with van der Waals surface area (Å²) in [4.78, 5) is 11.9. The normalized spacial score (nSPS) is 11.9. The number of anilines is 1. The van der Waals surface area contributed by atoms with Gasteiger partial charge in [0.25, 0.3) is 10.0 Å². The third kappa shape index (κ3) is 4.52. The molecule has 1 N–H and O–H groups in total. The van der Waals surface area contributed by atoms with Crippen LogP contribution >= 0.6 is 0 Å². The van der Waals surface area contributed by atoms with Crippen molar-refractivity contribution >= 4 is 21.7 Å². The van der Waals surface area contributed by atoms with Gasteiger partial charge in [0.15, 0.2) is 6.10 Å². The first kappa shape index (κ1) is 19.3. The molecule has 8 heteroatoms. The lowest BCUT2D eigenvalue weighted by atomic mass is 10.2. The summed E-state index contributed by atoms with van der Waals surface area (Å²) >= 11 is 0. The van der Waals surface area contributed by atoms with Crippen LogP contribution < -0.4 is 9.46 Å². The number of aryl methyl sites for hydroxylation is 1. The van der Waals surface area contributed by atoms with Crippen molar-refractivity contribution in [1.82, 2.24) is 0 Å². The van der Waals surface area contributed by atoms with Crippen molar-refractivity contribution in [3.63, 3.8) is 0 Å². The van der Waals surface area contributed by atoms with Crippen molar-refractivity contribution in [2.75, 3.05) is 11.8 Å². The van der Waals surface area contributed by atoms with Gasteiger partial charge < -0.3 is 9.47 Å². The standard InChI is InChI=1S/C18H18N2O5S/c1-12-4-7-15(8-5-12)20-26(22,23)17-10-14(6-9-16(17)24-3)18(21)25-13(2)11-19/h4-10,13,20H,1-3H3. The zero-order valence-corrected chi connectivity index (χ0v) is 15.3. The first-order valence-electron chi connectivity index (χ1n) is 7.65. The van der Waals surface area contributed by atoms with Crippen LogP contribution in [0.15, 0.2) is 47.4 Å². The highest BCUT2D eigenvalue weighted by Crippen LogP contribution is 2.27. The minimum absolute atomic E-state index is 0.00261. The van der Waals surface area contributed by atoms with Gasteiger partial charge in [-0.25, -0.2) is 13.2 Å². The molecule has 0 radical (unpaired) electrons. The van der Waals surface area contributed by atoms with Crippen LogP contribution in [0.4, 0.5) is 5.69 Å². The van der Waals surface area contributed by atoms with Crippen molar-refractivity contribution in [2.45, 2.75) is 24.8 Å². The minimum atomic E-state index is -4.01. The summed E-state index contributed by atoms with van der Waals surface area (Å²) in [5, 5.41) is 8.73. The molecular formula is C18H18N2O5S. The minimum Gasteiger partial charge on any atom is -0.495 e. The Bertz CT molecular complexity index is 947. The summed E-state index contributed by atoms with van der Waals surface area (Å²) in [6.45, 7) is 3.30. The van der Waals surface area contributed by atoms with E-state index in [4.69, 9.17) is 14.7 Å². The topological polar surface area (TPSA) is 105 Å². The predicted molar refractivity (Wildman–Crippen MR) is 95.5 cm³/mol. The zero-order chi connectivity index (χ0) is 19.3. The average Bonchev–Trinajstić information content (AvgIpc) is 2.62. The van der Waals surface area contributed by atoms with E-state index >= 15 is 0 Å². The van der Waals surface area contributed by atoms with Gasteiger partial charge in [0.2, 0.25) is 0 Å². The molecule has 0 amide bonds. The predicted octanol–water partition coefficient (Wildman–Crippen LogP) is 2.87. The number of sulfonamides is 1. The summed E-state index contributed by atoms with van der Waals surface area (Å²) in [6.07, 6.45) is -0.949. The Kier molecular flexibility index (Phi) is 5.85. The molecular weight excluding hydrogens is 356 g/mol. The third-order valence-corrected chi connectivity index (χ3v) is 4.86. The fourth-order valence-corrected chi connectivity index (χ4v) is 3.36. The molecule has 0 fully saturated rings. The smallest absolute Gasteiger partial charge is 0.339 e. The lowest BCUT2D eigenvalue weighted by Crippen LogP contribution is -2.17. The van der Waals surface area contributed by atoms with Crippen LogP contribution in [0.1, 0.15) is 22.8 Å². The number of nitrogens with zero attached hydrogens (tertiary/aromatic N) is 1. The third-order valence-electron chi connectivity index (χ3n) is 3.46. The molecule has 0 heterocycles. The second kappa shape index (κ2) is 7.89. The van der Waals surface area contributed by atoms with E-state index in [1.807, 2.05) is 6.92 Å². The monoisotopic (exact) mass is 374 g/mol. The molecule has 2 aromatic rings. The molecule has 7 nitrogen and oxygen atoms in total. The summed E-state index contributed by atoms with van der Waals surface area (Å²) in [5.41, 5.74) is 1.36. The van der Waals surface area contributed by atoms with Gasteiger partial charge >= 0.3 is 5.97 Å². The number of nitriles is 1. The van der Waals surface area contributed by atoms with E-state index in [9.17, 15) is 13.2 Å². The Morgan fingerprint density at radius 2 is 1.85 bits per heavy atom. The molecule has 0 aliphatic rings. The molecule has 2 rings (SSSR count). The molecule has 2 aromatic carbocycles. The van der Waals surface area contributed by atoms with Crippen LogP contribution in [-0.4, -0.2) is 27.6 Å². The van der Waals surface area contributed by atoms with Crippen LogP contribution in [0, 0.1) is 18.3 Å². The van der Waals surface area contributed by atoms with E-state index in [2.05, 4.69) is 4.72 Å². The van der Waals surface area contributed by atoms with E-state index in [0.29, 0.717) is 5.69 Å². The molecule has 0 aliphatic carbocycles. The molecule has 1 atom stereocenters. The van der Waals surface area contributed by atoms with Gasteiger partial charge in [0, 0.05) is 5.69 Å². The van der Waals surface area contributed by atoms with Gasteiger partial charge in [0.1, 0.15) is 16.7 Å². The fraction of sp³-hybridized carbons (Fsp3) is 0.222. The molecule has 1 unspecified atom stereocenters. The van der Waals surface area contributed by atoms with Crippen LogP contribution in [-0.2, 0) is 14.8 Å². The highest BCUT2D eigenvalue weighted by molar-refractivity contribution is 7.92. The van der Waals surface area contributed by atoms with Crippen LogP contribution in [0.2, 0.25) is 0 Å². The molecule has 0 aromatic heterocycles. The molecule has 0 saturated heterocycles. The van der Waals surface area contributed by atoms with Crippen LogP contribution in [0.3, 0.4) is 0 Å². The van der Waals surface area contributed by atoms with Crippen molar-refractivity contribution in [2.24, 2.45) is 0 Å². The van der Waals surface area contributed by atoms with Gasteiger partial charge in [-0.1, -0.05) is 17.7 Å². The average molecular weight is 374 g/mol. The second-order valence-corrected chi connectivity index (χ2v) is 7.16. The van der Waals surface area contributed by atoms with E-state index in [1.165, 1.54) is 26.2 Å². The van der Waals surface area contributed by atoms with Gasteiger partial charge in [-0.3, -0.25) is 4.72 Å². The molecule has 0 saturated carbocycles. The largest absolute Gasteiger partial charge is 0.495 e. The number of hydrogen-bond acceptors (Lipinski definition) is 6. The summed E-state index contributed by atoms with van der Waals surface area (Å²) in [6, 6.07) is 12.5. The number of carbonyl (C=O) groups excluding carboxylic acids is 1. The Morgan fingerprint density at radius 3 is 2.42 bits per heavy atom. The number of ether oxygens (including phenoxy) is 2. The molecule has 0 bridgehead atoms. The highest BCUT2D eigenvalue weighted by Gasteiger charge is 2.23. The zero-order valence-electron chi connectivity index (χ0n) is 14.5. The summed E-state index contributed by atoms with van der Waals surface area (Å²) in [7, 11) is -2.68. The van der Waals surface area contributed by atoms with Gasteiger partial charge in [-0.15, -0.1) is 0 Å². The number of carbonyl (C=O) groups is 1. The van der Waals surface area contributed by atoms with E-state index < -0.39 is 22.1 Å². The Balaban J connectivity index is 2.39. The number of rotatable bonds is 6. The Hall–Kier alpha value is -3.05. The van der Waals surface area contributed by atoms with Crippen molar-refractivity contribution < 1.29 is 22.7 Å². The van der Waals surface area contributed by atoms with Crippen molar-refractivity contribution in [1.29, 1.82) is 5.26 Å². The van der Waals surface area contributed by atoms with Crippen LogP contribution in [0.5, 0.6) is 5.75 Å². The summed E-state index contributed by atoms with van der Waals surface area (Å²) in [5.74, 6) is -0.719. The SMILES string of the molecule is COc1ccc(C(=O)OC(C)C#N)cc1S(=O)(=O)Nc1ccc(C)cc1. The quantitative estimate of drug-likeness (QED) is 0.780. The Labute approximate surface area is 152 Å². The number of nitrogens with one attached hydrogen (secondary N) is 1. The van der Waals surface area contributed by atoms with Gasteiger partial charge in [0.05, 0.1) is 12.7 Å². The second-order valence-electron chi connectivity index (χ2n) is 5.51. The molecule has 0 aliphatic heterocycles. The van der Waals surface area contributed by atoms with Crippen molar-refractivity contribution in [3.8, 4) is 11.8 Å². The number of methoxy groups -OCH3 is 1. The fourth-order valence-electron chi connectivity index (χ4n) is 2.10. The summed E-state index contributed by atoms with van der Waals surface area (Å²) < 4.78 is 37.9. The first-order valence-corrected chi connectivity index (χ1v) is 9.13. The highest BCUT2D eigenvalue weighted by atomic mass is 32.2. The number of hydrogen-bond donors (Lipinski definition) is 1. The van der Waals surface area contributed by atoms with Gasteiger partial charge in [-0.05, 0) is 44.2 Å². The van der Waals surface area contributed by atoms with E-state index in [1.54, 1.807) is 30.3 Å². The Morgan fingerprint density at radius 1 is 1.19 bits per heavy atom. The first-order chi connectivity index (χ1) is 12.3. The maximum atomic E-state index is 12.7. The maximum Gasteiger partial charge on any atom is 0.339 e. The van der Waals surface area contributed by atoms with Crippen molar-refractivity contribution in [3.05, 3.63) is 53.6 Å². The lowest BCUT2D eigenvalue weighted by Gasteiger charge is -2.13. The van der Waals surface area contributed by atoms with Gasteiger partial charge in [-0.2, -0.15) is 5.26 Å². The van der Waals surface area contributed by atoms with Crippen LogP contribution in [0.25, 0.3) is 0 Å².